The van der Waals surface area contributed by atoms with Crippen LogP contribution in [0.2, 0.25) is 0 Å². The summed E-state index contributed by atoms with van der Waals surface area (Å²) in [6.45, 7) is 4.48. The number of hydrogen-bond acceptors (Lipinski definition) is 5. The zero-order valence-electron chi connectivity index (χ0n) is 15.3. The van der Waals surface area contributed by atoms with E-state index in [0.717, 1.165) is 47.0 Å². The molecule has 0 aliphatic carbocycles. The predicted octanol–water partition coefficient (Wildman–Crippen LogP) is 3.23. The highest BCUT2D eigenvalue weighted by Crippen LogP contribution is 2.30. The number of ether oxygens (including phenoxy) is 1. The highest BCUT2D eigenvalue weighted by atomic mass is 16.5. The zero-order chi connectivity index (χ0) is 18.4. The van der Waals surface area contributed by atoms with Gasteiger partial charge in [-0.05, 0) is 25.5 Å². The third-order valence-corrected chi connectivity index (χ3v) is 5.38. The van der Waals surface area contributed by atoms with Crippen LogP contribution < -0.4 is 0 Å². The summed E-state index contributed by atoms with van der Waals surface area (Å²) in [5.41, 5.74) is 3.28. The van der Waals surface area contributed by atoms with Crippen LogP contribution in [0, 0.1) is 6.92 Å². The first-order valence-electron chi connectivity index (χ1n) is 9.41. The van der Waals surface area contributed by atoms with Gasteiger partial charge in [-0.3, -0.25) is 9.78 Å². The van der Waals surface area contributed by atoms with Gasteiger partial charge in [-0.1, -0.05) is 18.2 Å². The standard InChI is InChI=1S/C21H21N3O3/c1-13-10-16(15-4-2-3-5-17(15)22-13)21(25)24-8-6-19-18(11-24)23-20(27-19)14-7-9-26-12-14/h2-5,10,14H,6-9,11-12H2,1H3. The van der Waals surface area contributed by atoms with Gasteiger partial charge in [-0.15, -0.1) is 0 Å². The van der Waals surface area contributed by atoms with Crippen molar-refractivity contribution in [3.63, 3.8) is 0 Å². The van der Waals surface area contributed by atoms with Gasteiger partial charge in [-0.2, -0.15) is 0 Å². The SMILES string of the molecule is Cc1cc(C(=O)N2CCc3oc(C4CCOC4)nc3C2)c2ccccc2n1. The molecule has 0 spiro atoms. The summed E-state index contributed by atoms with van der Waals surface area (Å²) in [6, 6.07) is 9.67. The number of aryl methyl sites for hydroxylation is 1. The second kappa shape index (κ2) is 6.46. The van der Waals surface area contributed by atoms with Gasteiger partial charge < -0.3 is 14.1 Å². The fourth-order valence-corrected chi connectivity index (χ4v) is 3.95. The molecule has 3 aromatic rings. The van der Waals surface area contributed by atoms with Gasteiger partial charge >= 0.3 is 0 Å². The molecule has 2 aliphatic rings. The van der Waals surface area contributed by atoms with Gasteiger partial charge in [-0.25, -0.2) is 4.98 Å². The van der Waals surface area contributed by atoms with Crippen molar-refractivity contribution in [2.24, 2.45) is 0 Å². The number of benzene rings is 1. The maximum Gasteiger partial charge on any atom is 0.254 e. The quantitative estimate of drug-likeness (QED) is 0.699. The van der Waals surface area contributed by atoms with Crippen molar-refractivity contribution in [1.82, 2.24) is 14.9 Å². The molecule has 1 fully saturated rings. The van der Waals surface area contributed by atoms with Gasteiger partial charge in [0.05, 0.1) is 30.1 Å². The fourth-order valence-electron chi connectivity index (χ4n) is 3.95. The maximum atomic E-state index is 13.3. The first-order valence-corrected chi connectivity index (χ1v) is 9.41. The van der Waals surface area contributed by atoms with Crippen LogP contribution in [0.15, 0.2) is 34.7 Å². The van der Waals surface area contributed by atoms with Crippen LogP contribution in [0.25, 0.3) is 10.9 Å². The number of carbonyl (C=O) groups is 1. The van der Waals surface area contributed by atoms with E-state index in [4.69, 9.17) is 9.15 Å². The molecule has 1 unspecified atom stereocenters. The summed E-state index contributed by atoms with van der Waals surface area (Å²) in [5, 5.41) is 0.892. The lowest BCUT2D eigenvalue weighted by Crippen LogP contribution is -2.36. The number of oxazole rings is 1. The number of hydrogen-bond donors (Lipinski definition) is 0. The third-order valence-electron chi connectivity index (χ3n) is 5.38. The first-order chi connectivity index (χ1) is 13.2. The minimum absolute atomic E-state index is 0.0242. The Morgan fingerprint density at radius 1 is 1.26 bits per heavy atom. The average Bonchev–Trinajstić information content (AvgIpc) is 3.35. The van der Waals surface area contributed by atoms with Gasteiger partial charge in [0.2, 0.25) is 0 Å². The Hall–Kier alpha value is -2.73. The lowest BCUT2D eigenvalue weighted by Gasteiger charge is -2.26. The molecule has 1 amide bonds. The van der Waals surface area contributed by atoms with Gasteiger partial charge in [0.15, 0.2) is 5.89 Å². The van der Waals surface area contributed by atoms with Crippen LogP contribution in [0.5, 0.6) is 0 Å². The lowest BCUT2D eigenvalue weighted by molar-refractivity contribution is 0.0729. The molecule has 1 aromatic carbocycles. The largest absolute Gasteiger partial charge is 0.445 e. The molecule has 0 N–H and O–H groups in total. The number of aromatic nitrogens is 2. The van der Waals surface area contributed by atoms with Crippen molar-refractivity contribution >= 4 is 16.8 Å². The maximum absolute atomic E-state index is 13.3. The molecular formula is C21H21N3O3. The summed E-state index contributed by atoms with van der Waals surface area (Å²) in [4.78, 5) is 24.3. The molecule has 2 aliphatic heterocycles. The Morgan fingerprint density at radius 3 is 3.00 bits per heavy atom. The number of pyridine rings is 1. The minimum Gasteiger partial charge on any atom is -0.445 e. The number of rotatable bonds is 2. The van der Waals surface area contributed by atoms with E-state index in [-0.39, 0.29) is 11.8 Å². The average molecular weight is 363 g/mol. The molecule has 1 atom stereocenters. The molecule has 138 valence electrons. The summed E-state index contributed by atoms with van der Waals surface area (Å²) in [6.07, 6.45) is 1.65. The Bertz CT molecular complexity index is 1020. The normalized spacial score (nSPS) is 19.4. The second-order valence-corrected chi connectivity index (χ2v) is 7.29. The van der Waals surface area contributed by atoms with Gasteiger partial charge in [0, 0.05) is 30.7 Å². The van der Waals surface area contributed by atoms with E-state index < -0.39 is 0 Å². The van der Waals surface area contributed by atoms with E-state index >= 15 is 0 Å². The van der Waals surface area contributed by atoms with E-state index in [2.05, 4.69) is 9.97 Å². The van der Waals surface area contributed by atoms with E-state index in [1.165, 1.54) is 0 Å². The molecular weight excluding hydrogens is 342 g/mol. The van der Waals surface area contributed by atoms with Crippen molar-refractivity contribution in [1.29, 1.82) is 0 Å². The zero-order valence-corrected chi connectivity index (χ0v) is 15.3. The molecule has 6 heteroatoms. The number of fused-ring (bicyclic) bond motifs is 2. The Labute approximate surface area is 157 Å². The topological polar surface area (TPSA) is 68.5 Å². The summed E-state index contributed by atoms with van der Waals surface area (Å²) in [5.74, 6) is 1.94. The lowest BCUT2D eigenvalue weighted by atomic mass is 10.0. The Kier molecular flexibility index (Phi) is 3.93. The van der Waals surface area contributed by atoms with Crippen LogP contribution in [-0.4, -0.2) is 40.5 Å². The monoisotopic (exact) mass is 363 g/mol. The van der Waals surface area contributed by atoms with E-state index in [0.29, 0.717) is 31.7 Å². The van der Waals surface area contributed by atoms with Gasteiger partial charge in [0.25, 0.3) is 5.91 Å². The summed E-state index contributed by atoms with van der Waals surface area (Å²) in [7, 11) is 0. The van der Waals surface area contributed by atoms with Crippen LogP contribution in [0.4, 0.5) is 0 Å². The smallest absolute Gasteiger partial charge is 0.254 e. The van der Waals surface area contributed by atoms with Crippen LogP contribution in [0.3, 0.4) is 0 Å². The van der Waals surface area contributed by atoms with Crippen molar-refractivity contribution in [2.75, 3.05) is 19.8 Å². The second-order valence-electron chi connectivity index (χ2n) is 7.29. The molecule has 5 rings (SSSR count). The molecule has 2 aromatic heterocycles. The fraction of sp³-hybridized carbons (Fsp3) is 0.381. The number of para-hydroxylation sites is 1. The molecule has 27 heavy (non-hydrogen) atoms. The van der Waals surface area contributed by atoms with E-state index in [1.807, 2.05) is 42.2 Å². The highest BCUT2D eigenvalue weighted by molar-refractivity contribution is 6.06. The number of carbonyl (C=O) groups excluding carboxylic acids is 1. The van der Waals surface area contributed by atoms with Crippen molar-refractivity contribution in [3.8, 4) is 0 Å². The summed E-state index contributed by atoms with van der Waals surface area (Å²) < 4.78 is 11.4. The van der Waals surface area contributed by atoms with Crippen LogP contribution in [-0.2, 0) is 17.7 Å². The molecule has 0 bridgehead atoms. The highest BCUT2D eigenvalue weighted by Gasteiger charge is 2.30. The number of amides is 1. The minimum atomic E-state index is 0.0242. The first kappa shape index (κ1) is 16.4. The third kappa shape index (κ3) is 2.90. The predicted molar refractivity (Wildman–Crippen MR) is 99.6 cm³/mol. The van der Waals surface area contributed by atoms with E-state index in [1.54, 1.807) is 0 Å². The summed E-state index contributed by atoms with van der Waals surface area (Å²) >= 11 is 0. The molecule has 4 heterocycles. The van der Waals surface area contributed by atoms with E-state index in [9.17, 15) is 4.79 Å². The Balaban J connectivity index is 1.44. The van der Waals surface area contributed by atoms with Crippen molar-refractivity contribution < 1.29 is 13.9 Å². The molecule has 0 radical (unpaired) electrons. The van der Waals surface area contributed by atoms with Crippen LogP contribution >= 0.6 is 0 Å². The molecule has 0 saturated carbocycles. The molecule has 6 nitrogen and oxygen atoms in total. The van der Waals surface area contributed by atoms with Crippen LogP contribution in [0.1, 0.15) is 45.7 Å². The number of nitrogens with zero attached hydrogens (tertiary/aromatic N) is 3. The van der Waals surface area contributed by atoms with Crippen molar-refractivity contribution in [3.05, 3.63) is 58.9 Å². The Morgan fingerprint density at radius 2 is 2.15 bits per heavy atom. The van der Waals surface area contributed by atoms with Crippen molar-refractivity contribution in [2.45, 2.75) is 32.2 Å². The van der Waals surface area contributed by atoms with Gasteiger partial charge in [0.1, 0.15) is 11.5 Å². The molecule has 1 saturated heterocycles.